The SMILES string of the molecule is Cc1ccc2ccccc2c1COc1ccc(/C=C(\C#N)C(N)=O)cc1Br. The molecule has 0 unspecified atom stereocenters. The molecule has 27 heavy (non-hydrogen) atoms. The third-order valence-corrected chi connectivity index (χ3v) is 4.92. The van der Waals surface area contributed by atoms with Gasteiger partial charge in [-0.15, -0.1) is 0 Å². The maximum atomic E-state index is 11.2. The summed E-state index contributed by atoms with van der Waals surface area (Å²) >= 11 is 3.48. The number of rotatable bonds is 5. The second kappa shape index (κ2) is 8.07. The molecule has 5 heteroatoms. The van der Waals surface area contributed by atoms with Gasteiger partial charge in [0.1, 0.15) is 24.0 Å². The molecule has 0 aliphatic rings. The number of primary amides is 1. The van der Waals surface area contributed by atoms with Gasteiger partial charge >= 0.3 is 0 Å². The Bertz CT molecular complexity index is 1100. The van der Waals surface area contributed by atoms with E-state index in [0.717, 1.165) is 10.0 Å². The molecule has 1 amide bonds. The molecule has 0 aromatic heterocycles. The second-order valence-electron chi connectivity index (χ2n) is 6.09. The summed E-state index contributed by atoms with van der Waals surface area (Å²) in [6.07, 6.45) is 1.45. The summed E-state index contributed by atoms with van der Waals surface area (Å²) in [5, 5.41) is 11.3. The largest absolute Gasteiger partial charge is 0.488 e. The number of hydrogen-bond donors (Lipinski definition) is 1. The number of aryl methyl sites for hydroxylation is 1. The van der Waals surface area contributed by atoms with Crippen molar-refractivity contribution >= 4 is 38.7 Å². The Kier molecular flexibility index (Phi) is 5.58. The number of nitrogens with zero attached hydrogens (tertiary/aromatic N) is 1. The van der Waals surface area contributed by atoms with Crippen LogP contribution >= 0.6 is 15.9 Å². The highest BCUT2D eigenvalue weighted by Gasteiger charge is 2.09. The van der Waals surface area contributed by atoms with Gasteiger partial charge in [0.15, 0.2) is 0 Å². The molecule has 3 aromatic carbocycles. The number of benzene rings is 3. The van der Waals surface area contributed by atoms with Gasteiger partial charge in [-0.05, 0) is 63.0 Å². The molecular weight excluding hydrogens is 404 g/mol. The fraction of sp³-hybridized carbons (Fsp3) is 0.0909. The summed E-state index contributed by atoms with van der Waals surface area (Å²) in [7, 11) is 0. The lowest BCUT2D eigenvalue weighted by molar-refractivity contribution is -0.114. The third kappa shape index (κ3) is 4.18. The normalized spacial score (nSPS) is 11.2. The molecule has 0 radical (unpaired) electrons. The minimum absolute atomic E-state index is 0.0954. The Balaban J connectivity index is 1.85. The second-order valence-corrected chi connectivity index (χ2v) is 6.95. The fourth-order valence-electron chi connectivity index (χ4n) is 2.84. The minimum atomic E-state index is -0.750. The molecule has 0 spiro atoms. The van der Waals surface area contributed by atoms with Crippen molar-refractivity contribution in [3.8, 4) is 11.8 Å². The quantitative estimate of drug-likeness (QED) is 0.471. The molecule has 4 nitrogen and oxygen atoms in total. The molecule has 0 atom stereocenters. The smallest absolute Gasteiger partial charge is 0.259 e. The van der Waals surface area contributed by atoms with Crippen LogP contribution in [0.4, 0.5) is 0 Å². The molecule has 134 valence electrons. The van der Waals surface area contributed by atoms with Gasteiger partial charge in [-0.3, -0.25) is 4.79 Å². The Hall–Kier alpha value is -3.10. The number of fused-ring (bicyclic) bond motifs is 1. The molecule has 2 N–H and O–H groups in total. The van der Waals surface area contributed by atoms with Crippen LogP contribution in [0.15, 0.2) is 64.6 Å². The molecule has 0 heterocycles. The van der Waals surface area contributed by atoms with Gasteiger partial charge in [0.25, 0.3) is 5.91 Å². The predicted molar refractivity (Wildman–Crippen MR) is 110 cm³/mol. The van der Waals surface area contributed by atoms with Crippen molar-refractivity contribution in [3.63, 3.8) is 0 Å². The number of amides is 1. The topological polar surface area (TPSA) is 76.1 Å². The number of nitriles is 1. The first-order chi connectivity index (χ1) is 13.0. The first-order valence-corrected chi connectivity index (χ1v) is 9.10. The fourth-order valence-corrected chi connectivity index (χ4v) is 3.35. The lowest BCUT2D eigenvalue weighted by Crippen LogP contribution is -2.12. The summed E-state index contributed by atoms with van der Waals surface area (Å²) in [4.78, 5) is 11.2. The Morgan fingerprint density at radius 1 is 1.22 bits per heavy atom. The predicted octanol–water partition coefficient (Wildman–Crippen LogP) is 4.88. The first kappa shape index (κ1) is 18.7. The molecule has 0 bridgehead atoms. The Morgan fingerprint density at radius 2 is 2.00 bits per heavy atom. The van der Waals surface area contributed by atoms with Gasteiger partial charge in [0.05, 0.1) is 4.47 Å². The van der Waals surface area contributed by atoms with Crippen molar-refractivity contribution in [1.82, 2.24) is 0 Å². The highest BCUT2D eigenvalue weighted by molar-refractivity contribution is 9.10. The van der Waals surface area contributed by atoms with E-state index in [4.69, 9.17) is 15.7 Å². The lowest BCUT2D eigenvalue weighted by atomic mass is 10.0. The van der Waals surface area contributed by atoms with Crippen molar-refractivity contribution in [2.45, 2.75) is 13.5 Å². The van der Waals surface area contributed by atoms with Crippen LogP contribution in [-0.4, -0.2) is 5.91 Å². The number of hydrogen-bond acceptors (Lipinski definition) is 3. The molecular formula is C22H17BrN2O2. The van der Waals surface area contributed by atoms with E-state index in [1.165, 1.54) is 22.4 Å². The third-order valence-electron chi connectivity index (χ3n) is 4.30. The summed E-state index contributed by atoms with van der Waals surface area (Å²) < 4.78 is 6.75. The summed E-state index contributed by atoms with van der Waals surface area (Å²) in [5.41, 5.74) is 8.07. The molecule has 0 fully saturated rings. The van der Waals surface area contributed by atoms with E-state index in [-0.39, 0.29) is 5.57 Å². The zero-order valence-electron chi connectivity index (χ0n) is 14.7. The van der Waals surface area contributed by atoms with E-state index in [2.05, 4.69) is 47.1 Å². The summed E-state index contributed by atoms with van der Waals surface area (Å²) in [5.74, 6) is -0.0718. The van der Waals surface area contributed by atoms with Crippen LogP contribution < -0.4 is 10.5 Å². The van der Waals surface area contributed by atoms with E-state index in [1.54, 1.807) is 24.3 Å². The van der Waals surface area contributed by atoms with Gasteiger partial charge in [0.2, 0.25) is 0 Å². The van der Waals surface area contributed by atoms with Gasteiger partial charge in [-0.1, -0.05) is 42.5 Å². The van der Waals surface area contributed by atoms with E-state index in [9.17, 15) is 4.79 Å². The van der Waals surface area contributed by atoms with Crippen molar-refractivity contribution in [2.24, 2.45) is 5.73 Å². The average molecular weight is 421 g/mol. The van der Waals surface area contributed by atoms with Crippen LogP contribution in [0.3, 0.4) is 0 Å². The van der Waals surface area contributed by atoms with Crippen LogP contribution in [0.1, 0.15) is 16.7 Å². The number of ether oxygens (including phenoxy) is 1. The zero-order valence-corrected chi connectivity index (χ0v) is 16.3. The summed E-state index contributed by atoms with van der Waals surface area (Å²) in [6.45, 7) is 2.51. The Morgan fingerprint density at radius 3 is 2.70 bits per heavy atom. The standard InChI is InChI=1S/C22H17BrN2O2/c1-14-6-8-16-4-2-3-5-18(16)19(14)13-27-21-9-7-15(11-20(21)23)10-17(12-24)22(25)26/h2-11H,13H2,1H3,(H2,25,26)/b17-10+. The molecule has 3 aromatic rings. The van der Waals surface area contributed by atoms with Crippen molar-refractivity contribution in [3.05, 3.63) is 81.3 Å². The minimum Gasteiger partial charge on any atom is -0.488 e. The number of nitrogens with two attached hydrogens (primary N) is 1. The maximum absolute atomic E-state index is 11.2. The lowest BCUT2D eigenvalue weighted by Gasteiger charge is -2.13. The first-order valence-electron chi connectivity index (χ1n) is 8.31. The van der Waals surface area contributed by atoms with Gasteiger partial charge in [-0.2, -0.15) is 5.26 Å². The number of halogens is 1. The average Bonchev–Trinajstić information content (AvgIpc) is 2.66. The highest BCUT2D eigenvalue weighted by atomic mass is 79.9. The van der Waals surface area contributed by atoms with E-state index in [1.807, 2.05) is 12.1 Å². The molecule has 0 saturated carbocycles. The van der Waals surface area contributed by atoms with E-state index in [0.29, 0.717) is 17.9 Å². The van der Waals surface area contributed by atoms with Crippen LogP contribution in [0, 0.1) is 18.3 Å². The van der Waals surface area contributed by atoms with Crippen molar-refractivity contribution in [2.75, 3.05) is 0 Å². The van der Waals surface area contributed by atoms with Crippen LogP contribution in [0.25, 0.3) is 16.8 Å². The maximum Gasteiger partial charge on any atom is 0.259 e. The van der Waals surface area contributed by atoms with Gasteiger partial charge in [0, 0.05) is 5.56 Å². The highest BCUT2D eigenvalue weighted by Crippen LogP contribution is 2.29. The van der Waals surface area contributed by atoms with Crippen molar-refractivity contribution in [1.29, 1.82) is 5.26 Å². The molecule has 0 saturated heterocycles. The number of carbonyl (C=O) groups excluding carboxylic acids is 1. The van der Waals surface area contributed by atoms with E-state index < -0.39 is 5.91 Å². The Labute approximate surface area is 166 Å². The van der Waals surface area contributed by atoms with Crippen LogP contribution in [0.5, 0.6) is 5.75 Å². The molecule has 3 rings (SSSR count). The molecule has 0 aliphatic heterocycles. The van der Waals surface area contributed by atoms with Crippen LogP contribution in [0.2, 0.25) is 0 Å². The zero-order chi connectivity index (χ0) is 19.4. The monoisotopic (exact) mass is 420 g/mol. The van der Waals surface area contributed by atoms with Gasteiger partial charge in [-0.25, -0.2) is 0 Å². The summed E-state index contributed by atoms with van der Waals surface area (Å²) in [6, 6.07) is 19.6. The van der Waals surface area contributed by atoms with Crippen molar-refractivity contribution < 1.29 is 9.53 Å². The van der Waals surface area contributed by atoms with Crippen LogP contribution in [-0.2, 0) is 11.4 Å². The molecule has 0 aliphatic carbocycles. The number of carbonyl (C=O) groups is 1. The van der Waals surface area contributed by atoms with Gasteiger partial charge < -0.3 is 10.5 Å². The van der Waals surface area contributed by atoms with E-state index >= 15 is 0 Å².